The number of nitrogens with zero attached hydrogens (tertiary/aromatic N) is 2. The van der Waals surface area contributed by atoms with E-state index in [4.69, 9.17) is 4.74 Å². The van der Waals surface area contributed by atoms with Crippen LogP contribution in [0.4, 0.5) is 0 Å². The van der Waals surface area contributed by atoms with Crippen LogP contribution >= 0.6 is 11.3 Å². The van der Waals surface area contributed by atoms with Gasteiger partial charge >= 0.3 is 0 Å². The minimum atomic E-state index is -0.126. The van der Waals surface area contributed by atoms with Crippen molar-refractivity contribution in [3.05, 3.63) is 46.3 Å². The highest BCUT2D eigenvalue weighted by Gasteiger charge is 2.16. The van der Waals surface area contributed by atoms with E-state index in [0.717, 1.165) is 0 Å². The summed E-state index contributed by atoms with van der Waals surface area (Å²) in [5.74, 6) is 0.405. The number of nitrogens with one attached hydrogen (secondary N) is 1. The summed E-state index contributed by atoms with van der Waals surface area (Å²) in [4.78, 5) is 19.6. The van der Waals surface area contributed by atoms with E-state index in [9.17, 15) is 4.79 Å². The standard InChI is InChI=1S/C16H21N3O2S/c1-4-21-15-8-7-12(10-17-15)16(20)18-11-13(19(2)3)14-6-5-9-22-14/h5-10,13H,4,11H2,1-3H3,(H,18,20)/t13-/m1/s1. The van der Waals surface area contributed by atoms with E-state index in [1.165, 1.54) is 11.1 Å². The Hall–Kier alpha value is -1.92. The summed E-state index contributed by atoms with van der Waals surface area (Å²) in [5, 5.41) is 5.01. The van der Waals surface area contributed by atoms with Crippen LogP contribution < -0.4 is 10.1 Å². The monoisotopic (exact) mass is 319 g/mol. The Kier molecular flexibility index (Phi) is 5.91. The Bertz CT molecular complexity index is 582. The first-order valence-corrected chi connectivity index (χ1v) is 8.06. The van der Waals surface area contributed by atoms with Crippen LogP contribution in [0.25, 0.3) is 0 Å². The maximum Gasteiger partial charge on any atom is 0.252 e. The molecule has 0 saturated carbocycles. The molecule has 0 radical (unpaired) electrons. The highest BCUT2D eigenvalue weighted by atomic mass is 32.1. The first kappa shape index (κ1) is 16.5. The lowest BCUT2D eigenvalue weighted by Gasteiger charge is -2.23. The van der Waals surface area contributed by atoms with Gasteiger partial charge in [-0.05, 0) is 38.5 Å². The Balaban J connectivity index is 1.96. The number of aromatic nitrogens is 1. The van der Waals surface area contributed by atoms with Crippen LogP contribution in [-0.2, 0) is 0 Å². The van der Waals surface area contributed by atoms with Gasteiger partial charge < -0.3 is 15.0 Å². The third kappa shape index (κ3) is 4.29. The fourth-order valence-corrected chi connectivity index (χ4v) is 2.98. The molecule has 0 spiro atoms. The van der Waals surface area contributed by atoms with Crippen LogP contribution in [0.15, 0.2) is 35.8 Å². The third-order valence-electron chi connectivity index (χ3n) is 3.24. The lowest BCUT2D eigenvalue weighted by atomic mass is 10.2. The van der Waals surface area contributed by atoms with Crippen molar-refractivity contribution in [1.29, 1.82) is 0 Å². The molecule has 0 aliphatic heterocycles. The average Bonchev–Trinajstić information content (AvgIpc) is 3.02. The van der Waals surface area contributed by atoms with Gasteiger partial charge in [-0.3, -0.25) is 4.79 Å². The average molecular weight is 319 g/mol. The number of carbonyl (C=O) groups excluding carboxylic acids is 1. The molecule has 0 aliphatic carbocycles. The van der Waals surface area contributed by atoms with Crippen molar-refractivity contribution in [3.63, 3.8) is 0 Å². The molecule has 2 aromatic rings. The van der Waals surface area contributed by atoms with Crippen molar-refractivity contribution in [2.24, 2.45) is 0 Å². The number of hydrogen-bond acceptors (Lipinski definition) is 5. The molecule has 2 rings (SSSR count). The highest BCUT2D eigenvalue weighted by Crippen LogP contribution is 2.22. The summed E-state index contributed by atoms with van der Waals surface area (Å²) >= 11 is 1.69. The molecule has 0 aliphatic rings. The second-order valence-corrected chi connectivity index (χ2v) is 6.00. The van der Waals surface area contributed by atoms with Gasteiger partial charge in [-0.25, -0.2) is 4.98 Å². The van der Waals surface area contributed by atoms with Crippen molar-refractivity contribution in [3.8, 4) is 5.88 Å². The van der Waals surface area contributed by atoms with Gasteiger partial charge in [0.25, 0.3) is 5.91 Å². The lowest BCUT2D eigenvalue weighted by Crippen LogP contribution is -2.34. The number of amides is 1. The number of pyridine rings is 1. The normalized spacial score (nSPS) is 12.2. The van der Waals surface area contributed by atoms with Gasteiger partial charge in [-0.2, -0.15) is 0 Å². The van der Waals surface area contributed by atoms with Gasteiger partial charge in [-0.1, -0.05) is 6.07 Å². The predicted octanol–water partition coefficient (Wildman–Crippen LogP) is 2.57. The van der Waals surface area contributed by atoms with E-state index < -0.39 is 0 Å². The molecule has 1 atom stereocenters. The van der Waals surface area contributed by atoms with E-state index in [2.05, 4.69) is 21.3 Å². The maximum absolute atomic E-state index is 12.2. The second kappa shape index (κ2) is 7.91. The number of rotatable bonds is 7. The molecule has 1 amide bonds. The number of hydrogen-bond donors (Lipinski definition) is 1. The van der Waals surface area contributed by atoms with Crippen LogP contribution in [0.5, 0.6) is 5.88 Å². The fourth-order valence-electron chi connectivity index (χ4n) is 2.06. The van der Waals surface area contributed by atoms with Crippen LogP contribution in [0, 0.1) is 0 Å². The Morgan fingerprint density at radius 2 is 2.23 bits per heavy atom. The summed E-state index contributed by atoms with van der Waals surface area (Å²) < 4.78 is 5.27. The fraction of sp³-hybridized carbons (Fsp3) is 0.375. The molecule has 0 unspecified atom stereocenters. The van der Waals surface area contributed by atoms with E-state index in [1.807, 2.05) is 32.5 Å². The number of ether oxygens (including phenoxy) is 1. The Labute approximate surface area is 134 Å². The van der Waals surface area contributed by atoms with Crippen LogP contribution in [0.3, 0.4) is 0 Å². The summed E-state index contributed by atoms with van der Waals surface area (Å²) in [6.07, 6.45) is 1.54. The predicted molar refractivity (Wildman–Crippen MR) is 88.5 cm³/mol. The minimum absolute atomic E-state index is 0.126. The van der Waals surface area contributed by atoms with Gasteiger partial charge in [0.1, 0.15) is 0 Å². The van der Waals surface area contributed by atoms with Crippen LogP contribution in [0.1, 0.15) is 28.2 Å². The molecule has 5 nitrogen and oxygen atoms in total. The van der Waals surface area contributed by atoms with Crippen molar-refractivity contribution in [2.45, 2.75) is 13.0 Å². The zero-order chi connectivity index (χ0) is 15.9. The molecular formula is C16H21N3O2S. The largest absolute Gasteiger partial charge is 0.478 e. The molecule has 0 fully saturated rings. The third-order valence-corrected chi connectivity index (χ3v) is 4.22. The van der Waals surface area contributed by atoms with Gasteiger partial charge in [0.2, 0.25) is 5.88 Å². The van der Waals surface area contributed by atoms with Crippen molar-refractivity contribution in [1.82, 2.24) is 15.2 Å². The quantitative estimate of drug-likeness (QED) is 0.852. The summed E-state index contributed by atoms with van der Waals surface area (Å²) in [7, 11) is 4.02. The summed E-state index contributed by atoms with van der Waals surface area (Å²) in [6, 6.07) is 7.71. The van der Waals surface area contributed by atoms with Crippen LogP contribution in [-0.4, -0.2) is 43.0 Å². The second-order valence-electron chi connectivity index (χ2n) is 5.02. The zero-order valence-electron chi connectivity index (χ0n) is 13.1. The molecule has 2 heterocycles. The number of thiophene rings is 1. The molecule has 0 aromatic carbocycles. The lowest BCUT2D eigenvalue weighted by molar-refractivity contribution is 0.0942. The summed E-state index contributed by atoms with van der Waals surface area (Å²) in [6.45, 7) is 3.01. The molecule has 118 valence electrons. The number of carbonyl (C=O) groups is 1. The molecule has 1 N–H and O–H groups in total. The van der Waals surface area contributed by atoms with Crippen LogP contribution in [0.2, 0.25) is 0 Å². The number of likely N-dealkylation sites (N-methyl/N-ethyl adjacent to an activating group) is 1. The molecule has 0 bridgehead atoms. The molecule has 0 saturated heterocycles. The molecule has 22 heavy (non-hydrogen) atoms. The van der Waals surface area contributed by atoms with Crippen molar-refractivity contribution in [2.75, 3.05) is 27.2 Å². The summed E-state index contributed by atoms with van der Waals surface area (Å²) in [5.41, 5.74) is 0.534. The SMILES string of the molecule is CCOc1ccc(C(=O)NC[C@H](c2cccs2)N(C)C)cn1. The topological polar surface area (TPSA) is 54.5 Å². The Morgan fingerprint density at radius 3 is 2.77 bits per heavy atom. The zero-order valence-corrected chi connectivity index (χ0v) is 13.9. The van der Waals surface area contributed by atoms with E-state index in [0.29, 0.717) is 24.6 Å². The van der Waals surface area contributed by atoms with E-state index in [1.54, 1.807) is 23.5 Å². The van der Waals surface area contributed by atoms with Crippen molar-refractivity contribution < 1.29 is 9.53 Å². The smallest absolute Gasteiger partial charge is 0.252 e. The van der Waals surface area contributed by atoms with E-state index >= 15 is 0 Å². The maximum atomic E-state index is 12.2. The molecule has 2 aromatic heterocycles. The highest BCUT2D eigenvalue weighted by molar-refractivity contribution is 7.10. The van der Waals surface area contributed by atoms with Gasteiger partial charge in [-0.15, -0.1) is 11.3 Å². The van der Waals surface area contributed by atoms with Crippen molar-refractivity contribution >= 4 is 17.2 Å². The molecule has 6 heteroatoms. The first-order valence-electron chi connectivity index (χ1n) is 7.18. The molecular weight excluding hydrogens is 298 g/mol. The van der Waals surface area contributed by atoms with Gasteiger partial charge in [0.15, 0.2) is 0 Å². The van der Waals surface area contributed by atoms with E-state index in [-0.39, 0.29) is 11.9 Å². The first-order chi connectivity index (χ1) is 10.6. The van der Waals surface area contributed by atoms with Gasteiger partial charge in [0, 0.05) is 23.7 Å². The minimum Gasteiger partial charge on any atom is -0.478 e. The Morgan fingerprint density at radius 1 is 1.41 bits per heavy atom. The van der Waals surface area contributed by atoms with Gasteiger partial charge in [0.05, 0.1) is 18.2 Å².